The molecule has 160 valence electrons. The molecule has 0 unspecified atom stereocenters. The number of aromatic nitrogens is 4. The normalized spacial score (nSPS) is 16.9. The molecular weight excluding hydrogens is 394 g/mol. The van der Waals surface area contributed by atoms with Crippen LogP contribution in [0.3, 0.4) is 0 Å². The fraction of sp³-hybridized carbons (Fsp3) is 0.409. The van der Waals surface area contributed by atoms with Gasteiger partial charge in [-0.25, -0.2) is 14.6 Å². The third-order valence-corrected chi connectivity index (χ3v) is 6.12. The largest absolute Gasteiger partial charge is 0.368 e. The van der Waals surface area contributed by atoms with Crippen molar-refractivity contribution in [1.29, 1.82) is 0 Å². The molecule has 0 spiro atoms. The molecule has 3 aromatic rings. The topological polar surface area (TPSA) is 87.5 Å². The van der Waals surface area contributed by atoms with Crippen molar-refractivity contribution < 1.29 is 4.79 Å². The molecule has 0 saturated carbocycles. The minimum Gasteiger partial charge on any atom is -0.368 e. The maximum Gasteiger partial charge on any atom is 0.274 e. The van der Waals surface area contributed by atoms with Gasteiger partial charge in [-0.05, 0) is 37.1 Å². The Kier molecular flexibility index (Phi) is 5.01. The van der Waals surface area contributed by atoms with Crippen molar-refractivity contribution in [3.8, 4) is 0 Å². The van der Waals surface area contributed by atoms with Crippen molar-refractivity contribution in [2.75, 3.05) is 49.1 Å². The van der Waals surface area contributed by atoms with Crippen LogP contribution in [0.4, 0.5) is 11.5 Å². The zero-order valence-corrected chi connectivity index (χ0v) is 17.6. The van der Waals surface area contributed by atoms with Crippen LogP contribution in [-0.2, 0) is 7.05 Å². The van der Waals surface area contributed by atoms with Crippen molar-refractivity contribution in [2.24, 2.45) is 7.05 Å². The SMILES string of the molecule is Cn1nc(C(=O)N2CCN(c3ccc4ncnc(N5CCCC5)c4c3)CC2)ccc1=O. The number of aryl methyl sites for hydroxylation is 1. The van der Waals surface area contributed by atoms with E-state index in [1.165, 1.54) is 29.7 Å². The number of hydrogen-bond donors (Lipinski definition) is 0. The van der Waals surface area contributed by atoms with Crippen LogP contribution in [0.1, 0.15) is 23.3 Å². The summed E-state index contributed by atoms with van der Waals surface area (Å²) in [7, 11) is 1.55. The molecule has 5 rings (SSSR count). The second kappa shape index (κ2) is 7.98. The highest BCUT2D eigenvalue weighted by molar-refractivity contribution is 5.93. The molecule has 31 heavy (non-hydrogen) atoms. The first-order valence-corrected chi connectivity index (χ1v) is 10.7. The first-order chi connectivity index (χ1) is 15.1. The highest BCUT2D eigenvalue weighted by atomic mass is 16.2. The summed E-state index contributed by atoms with van der Waals surface area (Å²) in [6.45, 7) is 4.75. The van der Waals surface area contributed by atoms with Crippen LogP contribution in [0.2, 0.25) is 0 Å². The van der Waals surface area contributed by atoms with Crippen molar-refractivity contribution in [1.82, 2.24) is 24.6 Å². The second-order valence-electron chi connectivity index (χ2n) is 8.05. The fourth-order valence-electron chi connectivity index (χ4n) is 4.35. The summed E-state index contributed by atoms with van der Waals surface area (Å²) in [6.07, 6.45) is 4.05. The van der Waals surface area contributed by atoms with Gasteiger partial charge in [0.15, 0.2) is 0 Å². The number of rotatable bonds is 3. The molecule has 0 atom stereocenters. The zero-order chi connectivity index (χ0) is 21.4. The summed E-state index contributed by atoms with van der Waals surface area (Å²) in [5, 5.41) is 5.17. The summed E-state index contributed by atoms with van der Waals surface area (Å²) in [4.78, 5) is 39.7. The second-order valence-corrected chi connectivity index (χ2v) is 8.05. The maximum atomic E-state index is 12.8. The number of hydrogen-bond acceptors (Lipinski definition) is 7. The predicted molar refractivity (Wildman–Crippen MR) is 119 cm³/mol. The average Bonchev–Trinajstić information content (AvgIpc) is 3.34. The van der Waals surface area contributed by atoms with Crippen LogP contribution in [0, 0.1) is 0 Å². The summed E-state index contributed by atoms with van der Waals surface area (Å²) in [5.41, 5.74) is 2.15. The molecule has 2 aromatic heterocycles. The van der Waals surface area contributed by atoms with E-state index >= 15 is 0 Å². The minimum atomic E-state index is -0.227. The van der Waals surface area contributed by atoms with Crippen LogP contribution < -0.4 is 15.4 Å². The van der Waals surface area contributed by atoms with Crippen molar-refractivity contribution in [3.05, 3.63) is 52.7 Å². The summed E-state index contributed by atoms with van der Waals surface area (Å²) in [5.74, 6) is 0.873. The minimum absolute atomic E-state index is 0.140. The van der Waals surface area contributed by atoms with Crippen LogP contribution in [0.25, 0.3) is 10.9 Å². The van der Waals surface area contributed by atoms with E-state index in [-0.39, 0.29) is 11.5 Å². The molecule has 0 N–H and O–H groups in total. The average molecular weight is 419 g/mol. The number of fused-ring (bicyclic) bond motifs is 1. The van der Waals surface area contributed by atoms with E-state index in [4.69, 9.17) is 0 Å². The van der Waals surface area contributed by atoms with E-state index in [9.17, 15) is 9.59 Å². The number of anilines is 2. The van der Waals surface area contributed by atoms with E-state index in [1.54, 1.807) is 18.3 Å². The van der Waals surface area contributed by atoms with Crippen molar-refractivity contribution in [3.63, 3.8) is 0 Å². The van der Waals surface area contributed by atoms with Gasteiger partial charge in [-0.1, -0.05) is 0 Å². The Bertz CT molecular complexity index is 1180. The van der Waals surface area contributed by atoms with Gasteiger partial charge in [-0.15, -0.1) is 0 Å². The quantitative estimate of drug-likeness (QED) is 0.632. The molecule has 4 heterocycles. The monoisotopic (exact) mass is 419 g/mol. The van der Waals surface area contributed by atoms with Gasteiger partial charge < -0.3 is 14.7 Å². The van der Waals surface area contributed by atoms with Crippen LogP contribution >= 0.6 is 0 Å². The van der Waals surface area contributed by atoms with Gasteiger partial charge in [-0.2, -0.15) is 5.10 Å². The van der Waals surface area contributed by atoms with E-state index < -0.39 is 0 Å². The van der Waals surface area contributed by atoms with Gasteiger partial charge in [-0.3, -0.25) is 9.59 Å². The van der Waals surface area contributed by atoms with Crippen LogP contribution in [0.5, 0.6) is 0 Å². The molecule has 2 fully saturated rings. The van der Waals surface area contributed by atoms with Gasteiger partial charge in [0.05, 0.1) is 5.52 Å². The highest BCUT2D eigenvalue weighted by Gasteiger charge is 2.24. The smallest absolute Gasteiger partial charge is 0.274 e. The first kappa shape index (κ1) is 19.5. The number of carbonyl (C=O) groups is 1. The Labute approximate surface area is 179 Å². The lowest BCUT2D eigenvalue weighted by atomic mass is 10.1. The van der Waals surface area contributed by atoms with E-state index in [2.05, 4.69) is 43.1 Å². The molecule has 9 nitrogen and oxygen atoms in total. The van der Waals surface area contributed by atoms with Gasteiger partial charge in [0.2, 0.25) is 0 Å². The Morgan fingerprint density at radius 3 is 2.42 bits per heavy atom. The number of carbonyl (C=O) groups excluding carboxylic acids is 1. The molecule has 0 bridgehead atoms. The molecule has 1 aromatic carbocycles. The van der Waals surface area contributed by atoms with Crippen LogP contribution in [0.15, 0.2) is 41.5 Å². The lowest BCUT2D eigenvalue weighted by molar-refractivity contribution is 0.0738. The fourth-order valence-corrected chi connectivity index (χ4v) is 4.35. The molecular formula is C22H25N7O2. The standard InChI is InChI=1S/C22H25N7O2/c1-26-20(30)7-6-19(25-26)22(31)29-12-10-27(11-13-29)16-4-5-18-17(14-16)21(24-15-23-18)28-8-2-3-9-28/h4-7,14-15H,2-3,8-13H2,1H3. The van der Waals surface area contributed by atoms with Crippen molar-refractivity contribution in [2.45, 2.75) is 12.8 Å². The third kappa shape index (κ3) is 3.71. The number of benzene rings is 1. The van der Waals surface area contributed by atoms with Gasteiger partial charge in [0.1, 0.15) is 17.8 Å². The molecule has 0 aliphatic carbocycles. The van der Waals surface area contributed by atoms with Crippen molar-refractivity contribution >= 4 is 28.3 Å². The summed E-state index contributed by atoms with van der Waals surface area (Å²) in [6, 6.07) is 9.20. The van der Waals surface area contributed by atoms with Gasteiger partial charge >= 0.3 is 0 Å². The van der Waals surface area contributed by atoms with Gasteiger partial charge in [0, 0.05) is 63.5 Å². The third-order valence-electron chi connectivity index (χ3n) is 6.12. The molecule has 2 saturated heterocycles. The lowest BCUT2D eigenvalue weighted by Crippen LogP contribution is -2.49. The molecule has 2 aliphatic rings. The van der Waals surface area contributed by atoms with E-state index in [0.717, 1.165) is 48.6 Å². The molecule has 1 amide bonds. The maximum absolute atomic E-state index is 12.8. The molecule has 0 radical (unpaired) electrons. The van der Waals surface area contributed by atoms with E-state index in [0.29, 0.717) is 18.8 Å². The Balaban J connectivity index is 1.33. The van der Waals surface area contributed by atoms with E-state index in [1.807, 2.05) is 0 Å². The number of piperazine rings is 1. The van der Waals surface area contributed by atoms with Crippen LogP contribution in [-0.4, -0.2) is 69.8 Å². The van der Waals surface area contributed by atoms with Gasteiger partial charge in [0.25, 0.3) is 11.5 Å². The molecule has 2 aliphatic heterocycles. The summed E-state index contributed by atoms with van der Waals surface area (Å²) >= 11 is 0. The number of nitrogens with zero attached hydrogens (tertiary/aromatic N) is 7. The molecule has 9 heteroatoms. The Hall–Kier alpha value is -3.49. The number of amides is 1. The Morgan fingerprint density at radius 1 is 0.903 bits per heavy atom. The zero-order valence-electron chi connectivity index (χ0n) is 17.6. The predicted octanol–water partition coefficient (Wildman–Crippen LogP) is 1.29. The summed E-state index contributed by atoms with van der Waals surface area (Å²) < 4.78 is 1.19. The Morgan fingerprint density at radius 2 is 1.68 bits per heavy atom. The first-order valence-electron chi connectivity index (χ1n) is 10.7. The lowest BCUT2D eigenvalue weighted by Gasteiger charge is -2.36. The highest BCUT2D eigenvalue weighted by Crippen LogP contribution is 2.30.